The van der Waals surface area contributed by atoms with Gasteiger partial charge >= 0.3 is 0 Å². The Morgan fingerprint density at radius 2 is 2.05 bits per heavy atom. The number of aromatic nitrogens is 1. The van der Waals surface area contributed by atoms with Crippen molar-refractivity contribution >= 4 is 16.5 Å². The second-order valence-corrected chi connectivity index (χ2v) is 6.02. The lowest BCUT2D eigenvalue weighted by atomic mass is 10.3. The molecule has 108 valence electrons. The maximum Gasteiger partial charge on any atom is 0.182 e. The van der Waals surface area contributed by atoms with Gasteiger partial charge in [-0.05, 0) is 6.42 Å². The van der Waals surface area contributed by atoms with Gasteiger partial charge in [-0.3, -0.25) is 9.80 Å². The van der Waals surface area contributed by atoms with E-state index in [4.69, 9.17) is 5.11 Å². The van der Waals surface area contributed by atoms with Gasteiger partial charge in [0.1, 0.15) is 0 Å². The van der Waals surface area contributed by atoms with E-state index in [0.717, 1.165) is 57.4 Å². The third-order valence-electron chi connectivity index (χ3n) is 3.34. The zero-order valence-electron chi connectivity index (χ0n) is 11.6. The number of β-amino-alcohol motifs (C(OH)–C–C–N with tert-alkyl or cyclic N) is 1. The number of thiazole rings is 1. The van der Waals surface area contributed by atoms with Gasteiger partial charge in [-0.2, -0.15) is 0 Å². The maximum absolute atomic E-state index is 8.92. The van der Waals surface area contributed by atoms with E-state index in [9.17, 15) is 0 Å². The predicted octanol–water partition coefficient (Wildman–Crippen LogP) is 1.07. The molecule has 0 bridgehead atoms. The van der Waals surface area contributed by atoms with Crippen molar-refractivity contribution in [3.05, 3.63) is 11.1 Å². The van der Waals surface area contributed by atoms with E-state index in [0.29, 0.717) is 0 Å². The summed E-state index contributed by atoms with van der Waals surface area (Å²) < 4.78 is 0. The maximum atomic E-state index is 8.92. The molecule has 19 heavy (non-hydrogen) atoms. The largest absolute Gasteiger partial charge is 0.395 e. The zero-order valence-corrected chi connectivity index (χ0v) is 12.5. The Balaban J connectivity index is 1.74. The quantitative estimate of drug-likeness (QED) is 0.784. The minimum Gasteiger partial charge on any atom is -0.395 e. The molecular weight excluding hydrogens is 260 g/mol. The highest BCUT2D eigenvalue weighted by Crippen LogP contribution is 2.20. The summed E-state index contributed by atoms with van der Waals surface area (Å²) in [5, 5.41) is 13.3. The minimum absolute atomic E-state index is 0.265. The average Bonchev–Trinajstić information content (AvgIpc) is 2.87. The number of piperazine rings is 1. The lowest BCUT2D eigenvalue weighted by Gasteiger charge is -2.33. The first kappa shape index (κ1) is 14.7. The Hall–Kier alpha value is -0.690. The monoisotopic (exact) mass is 284 g/mol. The number of nitrogens with zero attached hydrogens (tertiary/aromatic N) is 3. The average molecular weight is 284 g/mol. The van der Waals surface area contributed by atoms with Crippen molar-refractivity contribution < 1.29 is 5.11 Å². The normalized spacial score (nSPS) is 17.8. The van der Waals surface area contributed by atoms with Gasteiger partial charge in [0.15, 0.2) is 5.13 Å². The molecule has 0 aliphatic carbocycles. The summed E-state index contributed by atoms with van der Waals surface area (Å²) >= 11 is 1.76. The number of hydrogen-bond donors (Lipinski definition) is 2. The summed E-state index contributed by atoms with van der Waals surface area (Å²) in [4.78, 5) is 10.5. The summed E-state index contributed by atoms with van der Waals surface area (Å²) in [5.41, 5.74) is 0. The van der Waals surface area contributed by atoms with E-state index in [2.05, 4.69) is 27.0 Å². The summed E-state index contributed by atoms with van der Waals surface area (Å²) in [5.74, 6) is 0. The number of rotatable bonds is 7. The summed E-state index contributed by atoms with van der Waals surface area (Å²) in [6.45, 7) is 9.49. The fourth-order valence-corrected chi connectivity index (χ4v) is 3.11. The Morgan fingerprint density at radius 3 is 2.74 bits per heavy atom. The lowest BCUT2D eigenvalue weighted by Crippen LogP contribution is -2.46. The topological polar surface area (TPSA) is 51.6 Å². The van der Waals surface area contributed by atoms with Crippen molar-refractivity contribution in [1.29, 1.82) is 0 Å². The predicted molar refractivity (Wildman–Crippen MR) is 79.7 cm³/mol. The van der Waals surface area contributed by atoms with Crippen molar-refractivity contribution in [3.8, 4) is 0 Å². The number of hydrogen-bond acceptors (Lipinski definition) is 6. The van der Waals surface area contributed by atoms with Crippen LogP contribution < -0.4 is 5.32 Å². The summed E-state index contributed by atoms with van der Waals surface area (Å²) in [6.07, 6.45) is 3.12. The zero-order chi connectivity index (χ0) is 13.5. The molecular formula is C13H24N4OS. The molecule has 0 unspecified atom stereocenters. The third kappa shape index (κ3) is 4.72. The molecule has 1 fully saturated rings. The molecule has 1 aromatic heterocycles. The van der Waals surface area contributed by atoms with Crippen LogP contribution in [0.4, 0.5) is 5.13 Å². The second kappa shape index (κ2) is 7.79. The molecule has 1 aliphatic heterocycles. The van der Waals surface area contributed by atoms with Crippen LogP contribution in [-0.2, 0) is 6.54 Å². The highest BCUT2D eigenvalue weighted by atomic mass is 32.1. The van der Waals surface area contributed by atoms with E-state index in [-0.39, 0.29) is 6.61 Å². The standard InChI is InChI=1S/C13H24N4OS/c1-2-3-14-13-15-10-12(19-13)11-17-6-4-16(5-7-17)8-9-18/h10,18H,2-9,11H2,1H3,(H,14,15). The van der Waals surface area contributed by atoms with Gasteiger partial charge in [-0.25, -0.2) is 4.98 Å². The molecule has 2 N–H and O–H groups in total. The van der Waals surface area contributed by atoms with Crippen molar-refractivity contribution in [3.63, 3.8) is 0 Å². The van der Waals surface area contributed by atoms with E-state index >= 15 is 0 Å². The smallest absolute Gasteiger partial charge is 0.182 e. The highest BCUT2D eigenvalue weighted by Gasteiger charge is 2.17. The number of nitrogens with one attached hydrogen (secondary N) is 1. The van der Waals surface area contributed by atoms with Crippen molar-refractivity contribution in [2.75, 3.05) is 51.2 Å². The molecule has 0 radical (unpaired) electrons. The van der Waals surface area contributed by atoms with E-state index < -0.39 is 0 Å². The molecule has 6 heteroatoms. The van der Waals surface area contributed by atoms with Gasteiger partial charge < -0.3 is 10.4 Å². The molecule has 1 aliphatic rings. The van der Waals surface area contributed by atoms with Gasteiger partial charge in [0.05, 0.1) is 6.61 Å². The van der Waals surface area contributed by atoms with Gasteiger partial charge in [-0.1, -0.05) is 6.92 Å². The van der Waals surface area contributed by atoms with Crippen LogP contribution in [0.1, 0.15) is 18.2 Å². The Kier molecular flexibility index (Phi) is 6.03. The van der Waals surface area contributed by atoms with Gasteiger partial charge in [-0.15, -0.1) is 11.3 Å². The Bertz CT molecular complexity index is 363. The second-order valence-electron chi connectivity index (χ2n) is 4.90. The minimum atomic E-state index is 0.265. The van der Waals surface area contributed by atoms with Crippen molar-refractivity contribution in [2.45, 2.75) is 19.9 Å². The Labute approximate surface area is 119 Å². The molecule has 0 amide bonds. The molecule has 0 atom stereocenters. The third-order valence-corrected chi connectivity index (χ3v) is 4.28. The van der Waals surface area contributed by atoms with Crippen LogP contribution in [0.15, 0.2) is 6.20 Å². The van der Waals surface area contributed by atoms with Crippen molar-refractivity contribution in [1.82, 2.24) is 14.8 Å². The van der Waals surface area contributed by atoms with Crippen LogP contribution in [0.2, 0.25) is 0 Å². The van der Waals surface area contributed by atoms with Gasteiger partial charge in [0.25, 0.3) is 0 Å². The van der Waals surface area contributed by atoms with Crippen LogP contribution in [0.25, 0.3) is 0 Å². The number of aliphatic hydroxyl groups excluding tert-OH is 1. The van der Waals surface area contributed by atoms with E-state index in [1.165, 1.54) is 4.88 Å². The molecule has 1 aromatic rings. The highest BCUT2D eigenvalue weighted by molar-refractivity contribution is 7.15. The van der Waals surface area contributed by atoms with E-state index in [1.54, 1.807) is 11.3 Å². The fraction of sp³-hybridized carbons (Fsp3) is 0.769. The van der Waals surface area contributed by atoms with Crippen LogP contribution in [0.5, 0.6) is 0 Å². The first-order valence-electron chi connectivity index (χ1n) is 7.06. The molecule has 5 nitrogen and oxygen atoms in total. The fourth-order valence-electron chi connectivity index (χ4n) is 2.23. The lowest BCUT2D eigenvalue weighted by molar-refractivity contribution is 0.109. The summed E-state index contributed by atoms with van der Waals surface area (Å²) in [7, 11) is 0. The van der Waals surface area contributed by atoms with Crippen LogP contribution in [0, 0.1) is 0 Å². The van der Waals surface area contributed by atoms with Crippen LogP contribution >= 0.6 is 11.3 Å². The number of aliphatic hydroxyl groups is 1. The summed E-state index contributed by atoms with van der Waals surface area (Å²) in [6, 6.07) is 0. The van der Waals surface area contributed by atoms with Gasteiger partial charge in [0, 0.05) is 56.9 Å². The molecule has 0 saturated carbocycles. The first-order chi connectivity index (χ1) is 9.31. The van der Waals surface area contributed by atoms with E-state index in [1.807, 2.05) is 6.20 Å². The van der Waals surface area contributed by atoms with Gasteiger partial charge in [0.2, 0.25) is 0 Å². The Morgan fingerprint density at radius 1 is 1.32 bits per heavy atom. The van der Waals surface area contributed by atoms with Crippen molar-refractivity contribution in [2.24, 2.45) is 0 Å². The molecule has 2 rings (SSSR count). The van der Waals surface area contributed by atoms with Crippen LogP contribution in [0.3, 0.4) is 0 Å². The SMILES string of the molecule is CCCNc1ncc(CN2CCN(CCO)CC2)s1. The molecule has 0 spiro atoms. The van der Waals surface area contributed by atoms with Crippen LogP contribution in [-0.4, -0.2) is 65.8 Å². The molecule has 1 saturated heterocycles. The molecule has 2 heterocycles. The first-order valence-corrected chi connectivity index (χ1v) is 7.87. The number of anilines is 1. The molecule has 0 aromatic carbocycles.